The van der Waals surface area contributed by atoms with Crippen LogP contribution in [0.25, 0.3) is 0 Å². The van der Waals surface area contributed by atoms with E-state index in [-0.39, 0.29) is 17.6 Å². The fraction of sp³-hybridized carbons (Fsp3) is 0.400. The van der Waals surface area contributed by atoms with E-state index in [1.807, 2.05) is 0 Å². The molecular formula is C15H19N3O3. The predicted octanol–water partition coefficient (Wildman–Crippen LogP) is 2.35. The SMILES string of the molecule is O=C(N/N=C/c1ccc(C(=O)O)cc1)NC1CCCCC1. The molecule has 21 heavy (non-hydrogen) atoms. The number of hydrogen-bond donors (Lipinski definition) is 3. The molecule has 0 aromatic heterocycles. The highest BCUT2D eigenvalue weighted by Gasteiger charge is 2.14. The zero-order chi connectivity index (χ0) is 15.1. The van der Waals surface area contributed by atoms with Gasteiger partial charge in [-0.2, -0.15) is 5.10 Å². The summed E-state index contributed by atoms with van der Waals surface area (Å²) < 4.78 is 0. The van der Waals surface area contributed by atoms with Crippen molar-refractivity contribution in [3.8, 4) is 0 Å². The summed E-state index contributed by atoms with van der Waals surface area (Å²) in [6.45, 7) is 0. The molecule has 0 heterocycles. The van der Waals surface area contributed by atoms with Gasteiger partial charge in [-0.3, -0.25) is 0 Å². The van der Waals surface area contributed by atoms with Crippen molar-refractivity contribution in [3.63, 3.8) is 0 Å². The number of benzene rings is 1. The number of carboxylic acid groups (broad SMARTS) is 1. The molecule has 0 radical (unpaired) electrons. The van der Waals surface area contributed by atoms with E-state index in [4.69, 9.17) is 5.11 Å². The second-order valence-corrected chi connectivity index (χ2v) is 5.11. The molecule has 0 aliphatic heterocycles. The Labute approximate surface area is 123 Å². The summed E-state index contributed by atoms with van der Waals surface area (Å²) in [5.74, 6) is -0.969. The van der Waals surface area contributed by atoms with Crippen LogP contribution >= 0.6 is 0 Å². The molecule has 2 rings (SSSR count). The van der Waals surface area contributed by atoms with Gasteiger partial charge < -0.3 is 10.4 Å². The van der Waals surface area contributed by atoms with E-state index < -0.39 is 5.97 Å². The van der Waals surface area contributed by atoms with Gasteiger partial charge in [-0.05, 0) is 30.5 Å². The molecule has 0 atom stereocenters. The van der Waals surface area contributed by atoms with Gasteiger partial charge in [0.2, 0.25) is 0 Å². The van der Waals surface area contributed by atoms with Crippen molar-refractivity contribution in [1.82, 2.24) is 10.7 Å². The quantitative estimate of drug-likeness (QED) is 0.587. The van der Waals surface area contributed by atoms with E-state index in [2.05, 4.69) is 15.8 Å². The van der Waals surface area contributed by atoms with Crippen molar-refractivity contribution in [2.45, 2.75) is 38.1 Å². The lowest BCUT2D eigenvalue weighted by Crippen LogP contribution is -2.41. The number of aromatic carboxylic acids is 1. The molecule has 1 aromatic rings. The molecule has 1 saturated carbocycles. The molecule has 6 nitrogen and oxygen atoms in total. The Morgan fingerprint density at radius 1 is 1.14 bits per heavy atom. The highest BCUT2D eigenvalue weighted by atomic mass is 16.4. The van der Waals surface area contributed by atoms with E-state index in [1.165, 1.54) is 24.8 Å². The third-order valence-corrected chi connectivity index (χ3v) is 3.48. The zero-order valence-electron chi connectivity index (χ0n) is 11.7. The number of rotatable bonds is 4. The Hall–Kier alpha value is -2.37. The van der Waals surface area contributed by atoms with E-state index >= 15 is 0 Å². The summed E-state index contributed by atoms with van der Waals surface area (Å²) in [5.41, 5.74) is 3.36. The lowest BCUT2D eigenvalue weighted by Gasteiger charge is -2.22. The Kier molecular flexibility index (Phi) is 5.31. The van der Waals surface area contributed by atoms with Crippen molar-refractivity contribution in [2.24, 2.45) is 5.10 Å². The third kappa shape index (κ3) is 4.91. The predicted molar refractivity (Wildman–Crippen MR) is 79.5 cm³/mol. The fourth-order valence-electron chi connectivity index (χ4n) is 2.34. The monoisotopic (exact) mass is 289 g/mol. The second kappa shape index (κ2) is 7.42. The van der Waals surface area contributed by atoms with Crippen LogP contribution in [0.15, 0.2) is 29.4 Å². The molecule has 0 unspecified atom stereocenters. The first-order chi connectivity index (χ1) is 10.1. The minimum absolute atomic E-state index is 0.218. The molecule has 1 aromatic carbocycles. The third-order valence-electron chi connectivity index (χ3n) is 3.48. The van der Waals surface area contributed by atoms with Gasteiger partial charge in [0.05, 0.1) is 11.8 Å². The lowest BCUT2D eigenvalue weighted by atomic mass is 9.96. The van der Waals surface area contributed by atoms with Crippen LogP contribution in [0.4, 0.5) is 4.79 Å². The number of nitrogens with one attached hydrogen (secondary N) is 2. The van der Waals surface area contributed by atoms with Crippen LogP contribution in [-0.4, -0.2) is 29.4 Å². The standard InChI is InChI=1S/C15H19N3O3/c19-14(20)12-8-6-11(7-9-12)10-16-18-15(21)17-13-4-2-1-3-5-13/h6-10,13H,1-5H2,(H,19,20)(H2,17,18,21)/b16-10+. The van der Waals surface area contributed by atoms with Gasteiger partial charge in [0, 0.05) is 6.04 Å². The molecule has 1 aliphatic rings. The van der Waals surface area contributed by atoms with Gasteiger partial charge in [0.1, 0.15) is 0 Å². The number of hydrazone groups is 1. The Balaban J connectivity index is 1.78. The number of hydrogen-bond acceptors (Lipinski definition) is 3. The van der Waals surface area contributed by atoms with Crippen molar-refractivity contribution in [1.29, 1.82) is 0 Å². The van der Waals surface area contributed by atoms with Gasteiger partial charge in [0.25, 0.3) is 0 Å². The summed E-state index contributed by atoms with van der Waals surface area (Å²) in [7, 11) is 0. The normalized spacial score (nSPS) is 15.8. The van der Waals surface area contributed by atoms with Crippen LogP contribution in [0.1, 0.15) is 48.0 Å². The second-order valence-electron chi connectivity index (χ2n) is 5.11. The molecule has 0 bridgehead atoms. The summed E-state index contributed by atoms with van der Waals surface area (Å²) in [6.07, 6.45) is 7.08. The highest BCUT2D eigenvalue weighted by molar-refractivity contribution is 5.89. The van der Waals surface area contributed by atoms with Crippen LogP contribution in [0, 0.1) is 0 Å². The smallest absolute Gasteiger partial charge is 0.335 e. The molecule has 3 N–H and O–H groups in total. The average Bonchev–Trinajstić information content (AvgIpc) is 2.49. The zero-order valence-corrected chi connectivity index (χ0v) is 11.7. The molecular weight excluding hydrogens is 270 g/mol. The minimum atomic E-state index is -0.969. The maximum Gasteiger partial charge on any atom is 0.335 e. The van der Waals surface area contributed by atoms with Gasteiger partial charge in [-0.15, -0.1) is 0 Å². The molecule has 2 amide bonds. The van der Waals surface area contributed by atoms with Gasteiger partial charge in [0.15, 0.2) is 0 Å². The summed E-state index contributed by atoms with van der Waals surface area (Å²) >= 11 is 0. The van der Waals surface area contributed by atoms with E-state index in [1.54, 1.807) is 12.1 Å². The number of amides is 2. The van der Waals surface area contributed by atoms with E-state index in [0.717, 1.165) is 31.2 Å². The molecule has 1 aliphatic carbocycles. The van der Waals surface area contributed by atoms with Gasteiger partial charge in [-0.1, -0.05) is 31.4 Å². The first-order valence-electron chi connectivity index (χ1n) is 7.08. The van der Waals surface area contributed by atoms with Crippen LogP contribution < -0.4 is 10.7 Å². The maximum atomic E-state index is 11.6. The summed E-state index contributed by atoms with van der Waals surface area (Å²) in [5, 5.41) is 15.5. The van der Waals surface area contributed by atoms with Gasteiger partial charge >= 0.3 is 12.0 Å². The average molecular weight is 289 g/mol. The largest absolute Gasteiger partial charge is 0.478 e. The van der Waals surface area contributed by atoms with Crippen molar-refractivity contribution in [3.05, 3.63) is 35.4 Å². The Bertz CT molecular complexity index is 519. The first kappa shape index (κ1) is 15.0. The maximum absolute atomic E-state index is 11.6. The van der Waals surface area contributed by atoms with E-state index in [0.29, 0.717) is 0 Å². The number of urea groups is 1. The first-order valence-corrected chi connectivity index (χ1v) is 7.08. The van der Waals surface area contributed by atoms with Crippen LogP contribution in [0.2, 0.25) is 0 Å². The van der Waals surface area contributed by atoms with Crippen LogP contribution in [0.3, 0.4) is 0 Å². The van der Waals surface area contributed by atoms with Crippen molar-refractivity contribution >= 4 is 18.2 Å². The molecule has 0 spiro atoms. The van der Waals surface area contributed by atoms with Crippen molar-refractivity contribution < 1.29 is 14.7 Å². The Morgan fingerprint density at radius 2 is 1.81 bits per heavy atom. The van der Waals surface area contributed by atoms with Crippen LogP contribution in [0.5, 0.6) is 0 Å². The number of carbonyl (C=O) groups excluding carboxylic acids is 1. The van der Waals surface area contributed by atoms with Gasteiger partial charge in [-0.25, -0.2) is 15.0 Å². The molecule has 0 saturated heterocycles. The van der Waals surface area contributed by atoms with Crippen molar-refractivity contribution in [2.75, 3.05) is 0 Å². The highest BCUT2D eigenvalue weighted by Crippen LogP contribution is 2.17. The van der Waals surface area contributed by atoms with E-state index in [9.17, 15) is 9.59 Å². The number of carbonyl (C=O) groups is 2. The lowest BCUT2D eigenvalue weighted by molar-refractivity contribution is 0.0697. The fourth-order valence-corrected chi connectivity index (χ4v) is 2.34. The summed E-state index contributed by atoms with van der Waals surface area (Å²) in [6, 6.07) is 6.18. The molecule has 112 valence electrons. The molecule has 1 fully saturated rings. The molecule has 6 heteroatoms. The number of carboxylic acids is 1. The Morgan fingerprint density at radius 3 is 2.43 bits per heavy atom. The summed E-state index contributed by atoms with van der Waals surface area (Å²) in [4.78, 5) is 22.3. The topological polar surface area (TPSA) is 90.8 Å². The minimum Gasteiger partial charge on any atom is -0.478 e. The van der Waals surface area contributed by atoms with Crippen LogP contribution in [-0.2, 0) is 0 Å². The number of nitrogens with zero attached hydrogens (tertiary/aromatic N) is 1.